The number of allylic oxidation sites excluding steroid dienone is 4. The van der Waals surface area contributed by atoms with E-state index in [1.807, 2.05) is 6.92 Å². The molecule has 10 heavy (non-hydrogen) atoms. The van der Waals surface area contributed by atoms with E-state index < -0.39 is 0 Å². The van der Waals surface area contributed by atoms with Crippen LogP contribution in [0.1, 0.15) is 13.3 Å². The highest BCUT2D eigenvalue weighted by Crippen LogP contribution is 2.22. The van der Waals surface area contributed by atoms with Gasteiger partial charge in [-0.2, -0.15) is 5.26 Å². The third kappa shape index (κ3) is 1.24. The Kier molecular flexibility index (Phi) is 1.86. The molecule has 1 atom stereocenters. The second-order valence-corrected chi connectivity index (χ2v) is 2.46. The first-order valence-electron chi connectivity index (χ1n) is 3.22. The number of hydrogen-bond donors (Lipinski definition) is 0. The molecule has 1 aliphatic rings. The third-order valence-corrected chi connectivity index (χ3v) is 1.50. The molecule has 0 aromatic heterocycles. The van der Waals surface area contributed by atoms with Crippen LogP contribution in [0.4, 0.5) is 4.39 Å². The van der Waals surface area contributed by atoms with Crippen molar-refractivity contribution in [3.63, 3.8) is 0 Å². The molecule has 2 heteroatoms. The molecule has 0 aromatic carbocycles. The zero-order valence-electron chi connectivity index (χ0n) is 5.76. The fourth-order valence-electron chi connectivity index (χ4n) is 0.908. The third-order valence-electron chi connectivity index (χ3n) is 1.50. The van der Waals surface area contributed by atoms with Crippen molar-refractivity contribution < 1.29 is 4.39 Å². The van der Waals surface area contributed by atoms with Gasteiger partial charge >= 0.3 is 0 Å². The lowest BCUT2D eigenvalue weighted by Crippen LogP contribution is -1.96. The van der Waals surface area contributed by atoms with Crippen LogP contribution in [0.15, 0.2) is 23.6 Å². The standard InChI is InChI=1S/C8H8FN/c1-6-2-3-7(5-10)8(9)4-6/h3-4,6H,2H2,1H3. The molecule has 1 nitrogen and oxygen atoms in total. The van der Waals surface area contributed by atoms with E-state index in [4.69, 9.17) is 5.26 Å². The normalized spacial score (nSPS) is 24.7. The molecule has 1 rings (SSSR count). The zero-order chi connectivity index (χ0) is 7.56. The van der Waals surface area contributed by atoms with E-state index >= 15 is 0 Å². The van der Waals surface area contributed by atoms with Gasteiger partial charge in [-0.05, 0) is 18.4 Å². The van der Waals surface area contributed by atoms with Gasteiger partial charge in [-0.1, -0.05) is 13.0 Å². The largest absolute Gasteiger partial charge is 0.206 e. The summed E-state index contributed by atoms with van der Waals surface area (Å²) in [5.41, 5.74) is 0.179. The van der Waals surface area contributed by atoms with Gasteiger partial charge in [0, 0.05) is 0 Å². The topological polar surface area (TPSA) is 23.8 Å². The van der Waals surface area contributed by atoms with E-state index in [9.17, 15) is 4.39 Å². The Balaban J connectivity index is 2.84. The van der Waals surface area contributed by atoms with E-state index in [1.54, 1.807) is 12.1 Å². The fourth-order valence-corrected chi connectivity index (χ4v) is 0.908. The van der Waals surface area contributed by atoms with E-state index in [-0.39, 0.29) is 17.3 Å². The molecular weight excluding hydrogens is 129 g/mol. The minimum Gasteiger partial charge on any atom is -0.206 e. The van der Waals surface area contributed by atoms with Crippen molar-refractivity contribution in [3.05, 3.63) is 23.6 Å². The molecule has 52 valence electrons. The van der Waals surface area contributed by atoms with Crippen LogP contribution in [0.2, 0.25) is 0 Å². The first-order chi connectivity index (χ1) is 4.74. The summed E-state index contributed by atoms with van der Waals surface area (Å²) >= 11 is 0. The summed E-state index contributed by atoms with van der Waals surface area (Å²) < 4.78 is 12.7. The molecule has 0 bridgehead atoms. The molecule has 0 aromatic rings. The summed E-state index contributed by atoms with van der Waals surface area (Å²) in [4.78, 5) is 0. The van der Waals surface area contributed by atoms with Crippen molar-refractivity contribution in [2.45, 2.75) is 13.3 Å². The summed E-state index contributed by atoms with van der Waals surface area (Å²) in [5, 5.41) is 8.35. The van der Waals surface area contributed by atoms with Crippen molar-refractivity contribution in [1.82, 2.24) is 0 Å². The molecule has 0 amide bonds. The van der Waals surface area contributed by atoms with Crippen molar-refractivity contribution in [3.8, 4) is 6.07 Å². The van der Waals surface area contributed by atoms with Gasteiger partial charge in [0.25, 0.3) is 0 Å². The van der Waals surface area contributed by atoms with Crippen LogP contribution in [0.3, 0.4) is 0 Å². The average Bonchev–Trinajstić information content (AvgIpc) is 1.88. The first kappa shape index (κ1) is 7.01. The summed E-state index contributed by atoms with van der Waals surface area (Å²) in [6.07, 6.45) is 3.90. The minimum atomic E-state index is -0.374. The highest BCUT2D eigenvalue weighted by atomic mass is 19.1. The molecular formula is C8H8FN. The molecule has 0 fully saturated rings. The molecule has 0 aliphatic heterocycles. The zero-order valence-corrected chi connectivity index (χ0v) is 5.76. The molecule has 0 heterocycles. The van der Waals surface area contributed by atoms with Crippen molar-refractivity contribution >= 4 is 0 Å². The fraction of sp³-hybridized carbons (Fsp3) is 0.375. The Morgan fingerprint density at radius 3 is 3.00 bits per heavy atom. The van der Waals surface area contributed by atoms with Crippen LogP contribution < -0.4 is 0 Å². The van der Waals surface area contributed by atoms with Gasteiger partial charge in [0.05, 0.1) is 5.57 Å². The Morgan fingerprint density at radius 1 is 1.80 bits per heavy atom. The van der Waals surface area contributed by atoms with Crippen LogP contribution in [-0.2, 0) is 0 Å². The first-order valence-corrected chi connectivity index (χ1v) is 3.22. The summed E-state index contributed by atoms with van der Waals surface area (Å²) in [7, 11) is 0. The number of halogens is 1. The van der Waals surface area contributed by atoms with E-state index in [0.29, 0.717) is 0 Å². The number of rotatable bonds is 0. The lowest BCUT2D eigenvalue weighted by atomic mass is 9.98. The smallest absolute Gasteiger partial charge is 0.136 e. The lowest BCUT2D eigenvalue weighted by Gasteiger charge is -2.08. The molecule has 0 spiro atoms. The van der Waals surface area contributed by atoms with Crippen LogP contribution in [0, 0.1) is 17.2 Å². The monoisotopic (exact) mass is 137 g/mol. The summed E-state index contributed by atoms with van der Waals surface area (Å²) in [6, 6.07) is 1.79. The van der Waals surface area contributed by atoms with Crippen molar-refractivity contribution in [2.75, 3.05) is 0 Å². The van der Waals surface area contributed by atoms with Gasteiger partial charge in [0.1, 0.15) is 11.9 Å². The molecule has 0 radical (unpaired) electrons. The van der Waals surface area contributed by atoms with Gasteiger partial charge in [0.2, 0.25) is 0 Å². The summed E-state index contributed by atoms with van der Waals surface area (Å²) in [6.45, 7) is 1.92. The van der Waals surface area contributed by atoms with Crippen molar-refractivity contribution in [1.29, 1.82) is 5.26 Å². The van der Waals surface area contributed by atoms with Crippen molar-refractivity contribution in [2.24, 2.45) is 5.92 Å². The molecule has 0 saturated carbocycles. The highest BCUT2D eigenvalue weighted by molar-refractivity contribution is 5.40. The molecule has 1 aliphatic carbocycles. The van der Waals surface area contributed by atoms with Gasteiger partial charge in [-0.3, -0.25) is 0 Å². The highest BCUT2D eigenvalue weighted by Gasteiger charge is 2.10. The number of nitriles is 1. The second-order valence-electron chi connectivity index (χ2n) is 2.46. The Bertz CT molecular complexity index is 232. The van der Waals surface area contributed by atoms with E-state index in [1.165, 1.54) is 6.08 Å². The Hall–Kier alpha value is -1.10. The van der Waals surface area contributed by atoms with E-state index in [0.717, 1.165) is 6.42 Å². The predicted octanol–water partition coefficient (Wildman–Crippen LogP) is 2.33. The van der Waals surface area contributed by atoms with Gasteiger partial charge in [0.15, 0.2) is 0 Å². The average molecular weight is 137 g/mol. The van der Waals surface area contributed by atoms with Crippen LogP contribution in [0.25, 0.3) is 0 Å². The maximum absolute atomic E-state index is 12.7. The number of hydrogen-bond acceptors (Lipinski definition) is 1. The Labute approximate surface area is 59.5 Å². The Morgan fingerprint density at radius 2 is 2.50 bits per heavy atom. The van der Waals surface area contributed by atoms with Gasteiger partial charge in [-0.15, -0.1) is 0 Å². The van der Waals surface area contributed by atoms with Gasteiger partial charge < -0.3 is 0 Å². The quantitative estimate of drug-likeness (QED) is 0.502. The maximum atomic E-state index is 12.7. The van der Waals surface area contributed by atoms with Crippen LogP contribution in [0.5, 0.6) is 0 Å². The van der Waals surface area contributed by atoms with Crippen LogP contribution >= 0.6 is 0 Å². The summed E-state index contributed by atoms with van der Waals surface area (Å²) in [5.74, 6) is -0.140. The molecule has 1 unspecified atom stereocenters. The number of nitrogens with zero attached hydrogens (tertiary/aromatic N) is 1. The molecule has 0 saturated heterocycles. The molecule has 0 N–H and O–H groups in total. The maximum Gasteiger partial charge on any atom is 0.136 e. The second kappa shape index (κ2) is 2.66. The van der Waals surface area contributed by atoms with Gasteiger partial charge in [-0.25, -0.2) is 4.39 Å². The van der Waals surface area contributed by atoms with Crippen LogP contribution in [-0.4, -0.2) is 0 Å². The predicted molar refractivity (Wildman–Crippen MR) is 36.7 cm³/mol. The van der Waals surface area contributed by atoms with E-state index in [2.05, 4.69) is 0 Å². The lowest BCUT2D eigenvalue weighted by molar-refractivity contribution is 0.607. The SMILES string of the molecule is CC1C=C(F)C(C#N)=CC1. The minimum absolute atomic E-state index is 0.179.